The van der Waals surface area contributed by atoms with Gasteiger partial charge in [0.05, 0.1) is 11.1 Å². The van der Waals surface area contributed by atoms with Crippen molar-refractivity contribution >= 4 is 11.6 Å². The van der Waals surface area contributed by atoms with Crippen molar-refractivity contribution in [2.45, 2.75) is 47.0 Å². The Morgan fingerprint density at radius 1 is 1.16 bits per heavy atom. The van der Waals surface area contributed by atoms with Crippen LogP contribution >= 0.6 is 0 Å². The minimum absolute atomic E-state index is 0.00557. The standard InChI is InChI=1S/C24H29N3O4/c1-6-14-8-9-15(13(5)21(14)25)20-22(24(30)26-7-2)27-31-23(20)17-10-16(12(3)4)18(28)11-19(17)29/h8-12,28-29H,6-7,25H2,1-5H3,(H,26,30). The fourth-order valence-corrected chi connectivity index (χ4v) is 3.73. The first-order chi connectivity index (χ1) is 14.7. The summed E-state index contributed by atoms with van der Waals surface area (Å²) in [5.41, 5.74) is 11.1. The lowest BCUT2D eigenvalue weighted by atomic mass is 9.91. The largest absolute Gasteiger partial charge is 0.508 e. The molecule has 3 aromatic rings. The molecule has 0 spiro atoms. The van der Waals surface area contributed by atoms with Crippen molar-refractivity contribution in [3.63, 3.8) is 0 Å². The Hall–Kier alpha value is -3.48. The van der Waals surface area contributed by atoms with Crippen LogP contribution in [0.1, 0.15) is 60.8 Å². The SMILES string of the molecule is CCNC(=O)c1noc(-c2cc(C(C)C)c(O)cc2O)c1-c1ccc(CC)c(N)c1C. The highest BCUT2D eigenvalue weighted by molar-refractivity contribution is 6.03. The van der Waals surface area contributed by atoms with E-state index in [0.717, 1.165) is 17.5 Å². The van der Waals surface area contributed by atoms with Gasteiger partial charge in [0.1, 0.15) is 11.5 Å². The van der Waals surface area contributed by atoms with Gasteiger partial charge in [0.25, 0.3) is 5.91 Å². The van der Waals surface area contributed by atoms with Crippen molar-refractivity contribution in [2.75, 3.05) is 12.3 Å². The summed E-state index contributed by atoms with van der Waals surface area (Å²) < 4.78 is 5.62. The Bertz CT molecular complexity index is 1130. The molecular weight excluding hydrogens is 394 g/mol. The number of aryl methyl sites for hydroxylation is 1. The Morgan fingerprint density at radius 3 is 2.48 bits per heavy atom. The highest BCUT2D eigenvalue weighted by atomic mass is 16.5. The lowest BCUT2D eigenvalue weighted by molar-refractivity contribution is 0.0947. The number of benzene rings is 2. The van der Waals surface area contributed by atoms with Crippen LogP contribution in [0.25, 0.3) is 22.5 Å². The van der Waals surface area contributed by atoms with Gasteiger partial charge in [-0.25, -0.2) is 0 Å². The fraction of sp³-hybridized carbons (Fsp3) is 0.333. The lowest BCUT2D eigenvalue weighted by Gasteiger charge is -2.15. The van der Waals surface area contributed by atoms with Gasteiger partial charge in [0, 0.05) is 18.3 Å². The van der Waals surface area contributed by atoms with Gasteiger partial charge < -0.3 is 25.8 Å². The number of phenols is 2. The molecule has 0 aliphatic heterocycles. The highest BCUT2D eigenvalue weighted by Gasteiger charge is 2.28. The van der Waals surface area contributed by atoms with Crippen molar-refractivity contribution in [1.29, 1.82) is 0 Å². The van der Waals surface area contributed by atoms with E-state index in [2.05, 4.69) is 10.5 Å². The third-order valence-corrected chi connectivity index (χ3v) is 5.51. The molecule has 0 bridgehead atoms. The van der Waals surface area contributed by atoms with E-state index in [9.17, 15) is 15.0 Å². The number of nitrogen functional groups attached to an aromatic ring is 1. The number of carbonyl (C=O) groups is 1. The maximum Gasteiger partial charge on any atom is 0.274 e. The van der Waals surface area contributed by atoms with Crippen LogP contribution in [0.15, 0.2) is 28.8 Å². The van der Waals surface area contributed by atoms with E-state index in [1.807, 2.05) is 46.8 Å². The average Bonchev–Trinajstić information content (AvgIpc) is 3.14. The Morgan fingerprint density at radius 2 is 1.87 bits per heavy atom. The van der Waals surface area contributed by atoms with Crippen molar-refractivity contribution in [2.24, 2.45) is 0 Å². The molecule has 1 amide bonds. The summed E-state index contributed by atoms with van der Waals surface area (Å²) in [5, 5.41) is 27.6. The van der Waals surface area contributed by atoms with Crippen molar-refractivity contribution < 1.29 is 19.5 Å². The summed E-state index contributed by atoms with van der Waals surface area (Å²) in [6.07, 6.45) is 0.781. The number of phenolic OH excluding ortho intramolecular Hbond substituents is 2. The number of nitrogens with zero attached hydrogens (tertiary/aromatic N) is 1. The molecule has 31 heavy (non-hydrogen) atoms. The van der Waals surface area contributed by atoms with Crippen molar-refractivity contribution in [1.82, 2.24) is 10.5 Å². The Labute approximate surface area is 181 Å². The predicted molar refractivity (Wildman–Crippen MR) is 121 cm³/mol. The van der Waals surface area contributed by atoms with Crippen LogP contribution in [0.4, 0.5) is 5.69 Å². The van der Waals surface area contributed by atoms with E-state index >= 15 is 0 Å². The molecule has 0 unspecified atom stereocenters. The lowest BCUT2D eigenvalue weighted by Crippen LogP contribution is -2.23. The number of anilines is 1. The normalized spacial score (nSPS) is 11.2. The van der Waals surface area contributed by atoms with E-state index in [1.54, 1.807) is 6.07 Å². The first-order valence-electron chi connectivity index (χ1n) is 10.4. The van der Waals surface area contributed by atoms with Crippen LogP contribution in [0.5, 0.6) is 11.5 Å². The third kappa shape index (κ3) is 3.95. The molecule has 5 N–H and O–H groups in total. The van der Waals surface area contributed by atoms with Crippen LogP contribution in [-0.2, 0) is 6.42 Å². The molecule has 1 heterocycles. The van der Waals surface area contributed by atoms with Crippen molar-refractivity contribution in [3.05, 3.63) is 46.6 Å². The van der Waals surface area contributed by atoms with Gasteiger partial charge in [-0.05, 0) is 54.5 Å². The smallest absolute Gasteiger partial charge is 0.274 e. The number of carbonyl (C=O) groups excluding carboxylic acids is 1. The second-order valence-electron chi connectivity index (χ2n) is 7.84. The minimum Gasteiger partial charge on any atom is -0.508 e. The number of nitrogens with one attached hydrogen (secondary N) is 1. The summed E-state index contributed by atoms with van der Waals surface area (Å²) >= 11 is 0. The third-order valence-electron chi connectivity index (χ3n) is 5.51. The number of nitrogens with two attached hydrogens (primary N) is 1. The number of hydrogen-bond acceptors (Lipinski definition) is 6. The zero-order valence-electron chi connectivity index (χ0n) is 18.5. The van der Waals surface area contributed by atoms with Gasteiger partial charge in [0.2, 0.25) is 0 Å². The highest BCUT2D eigenvalue weighted by Crippen LogP contribution is 2.44. The number of rotatable bonds is 6. The number of amides is 1. The van der Waals surface area contributed by atoms with E-state index in [0.29, 0.717) is 34.5 Å². The molecule has 0 fully saturated rings. The van der Waals surface area contributed by atoms with E-state index in [4.69, 9.17) is 10.3 Å². The predicted octanol–water partition coefficient (Wildman–Crippen LogP) is 4.75. The van der Waals surface area contributed by atoms with Gasteiger partial charge >= 0.3 is 0 Å². The van der Waals surface area contributed by atoms with Gasteiger partial charge in [-0.1, -0.05) is 38.1 Å². The quantitative estimate of drug-likeness (QED) is 0.425. The van der Waals surface area contributed by atoms with Crippen LogP contribution in [0.2, 0.25) is 0 Å². The van der Waals surface area contributed by atoms with Gasteiger partial charge in [-0.3, -0.25) is 4.79 Å². The second kappa shape index (κ2) is 8.71. The van der Waals surface area contributed by atoms with Crippen LogP contribution in [0.3, 0.4) is 0 Å². The molecule has 1 aromatic heterocycles. The first-order valence-corrected chi connectivity index (χ1v) is 10.4. The molecule has 0 aliphatic rings. The zero-order chi connectivity index (χ0) is 22.9. The summed E-state index contributed by atoms with van der Waals surface area (Å²) in [6, 6.07) is 6.76. The molecule has 2 aromatic carbocycles. The molecule has 0 atom stereocenters. The molecule has 3 rings (SSSR count). The molecule has 7 nitrogen and oxygen atoms in total. The topological polar surface area (TPSA) is 122 Å². The molecule has 0 aliphatic carbocycles. The monoisotopic (exact) mass is 423 g/mol. The molecular formula is C24H29N3O4. The second-order valence-corrected chi connectivity index (χ2v) is 7.84. The van der Waals surface area contributed by atoms with E-state index in [-0.39, 0.29) is 34.8 Å². The van der Waals surface area contributed by atoms with Crippen LogP contribution in [0, 0.1) is 6.92 Å². The minimum atomic E-state index is -0.382. The van der Waals surface area contributed by atoms with Gasteiger partial charge in [-0.15, -0.1) is 0 Å². The maximum absolute atomic E-state index is 12.7. The molecule has 0 saturated heterocycles. The van der Waals surface area contributed by atoms with E-state index < -0.39 is 0 Å². The number of aromatic hydroxyl groups is 2. The molecule has 164 valence electrons. The van der Waals surface area contributed by atoms with Crippen LogP contribution < -0.4 is 11.1 Å². The maximum atomic E-state index is 12.7. The molecule has 7 heteroatoms. The van der Waals surface area contributed by atoms with Crippen LogP contribution in [-0.4, -0.2) is 27.8 Å². The Kier molecular flexibility index (Phi) is 6.24. The van der Waals surface area contributed by atoms with Crippen molar-refractivity contribution in [3.8, 4) is 33.9 Å². The van der Waals surface area contributed by atoms with Gasteiger partial charge in [0.15, 0.2) is 11.5 Å². The van der Waals surface area contributed by atoms with E-state index in [1.165, 1.54) is 6.07 Å². The summed E-state index contributed by atoms with van der Waals surface area (Å²) in [6.45, 7) is 10.0. The summed E-state index contributed by atoms with van der Waals surface area (Å²) in [5.74, 6) is -0.305. The van der Waals surface area contributed by atoms with Gasteiger partial charge in [-0.2, -0.15) is 0 Å². The first kappa shape index (κ1) is 22.2. The number of aromatic nitrogens is 1. The zero-order valence-corrected chi connectivity index (χ0v) is 18.5. The average molecular weight is 424 g/mol. The summed E-state index contributed by atoms with van der Waals surface area (Å²) in [7, 11) is 0. The Balaban J connectivity index is 2.34. The number of hydrogen-bond donors (Lipinski definition) is 4. The summed E-state index contributed by atoms with van der Waals surface area (Å²) in [4.78, 5) is 12.7. The molecule has 0 saturated carbocycles. The molecule has 0 radical (unpaired) electrons. The fourth-order valence-electron chi connectivity index (χ4n) is 3.73.